The van der Waals surface area contributed by atoms with Gasteiger partial charge in [-0.2, -0.15) is 0 Å². The molecule has 0 aliphatic carbocycles. The lowest BCUT2D eigenvalue weighted by Crippen LogP contribution is -2.37. The third-order valence-corrected chi connectivity index (χ3v) is 3.49. The zero-order valence-electron chi connectivity index (χ0n) is 13.1. The Hall–Kier alpha value is -2.47. The van der Waals surface area contributed by atoms with E-state index in [4.69, 9.17) is 9.15 Å². The van der Waals surface area contributed by atoms with Crippen LogP contribution in [0.2, 0.25) is 0 Å². The highest BCUT2D eigenvalue weighted by Gasteiger charge is 2.09. The molecule has 0 fully saturated rings. The predicted molar refractivity (Wildman–Crippen MR) is 86.4 cm³/mol. The van der Waals surface area contributed by atoms with Gasteiger partial charge < -0.3 is 24.9 Å². The van der Waals surface area contributed by atoms with Gasteiger partial charge in [0.05, 0.1) is 25.7 Å². The number of nitrogens with one attached hydrogen (secondary N) is 2. The minimum absolute atomic E-state index is 0.238. The molecule has 1 atom stereocenters. The Morgan fingerprint density at radius 3 is 2.61 bits per heavy atom. The minimum atomic E-state index is -0.631. The van der Waals surface area contributed by atoms with Crippen LogP contribution in [0.1, 0.15) is 23.7 Å². The van der Waals surface area contributed by atoms with E-state index in [-0.39, 0.29) is 6.03 Å². The Morgan fingerprint density at radius 1 is 1.22 bits per heavy atom. The van der Waals surface area contributed by atoms with E-state index in [1.165, 1.54) is 12.5 Å². The summed E-state index contributed by atoms with van der Waals surface area (Å²) in [6.45, 7) is 0.934. The lowest BCUT2D eigenvalue weighted by Gasteiger charge is -2.10. The van der Waals surface area contributed by atoms with E-state index in [1.54, 1.807) is 13.2 Å². The molecule has 2 rings (SSSR count). The van der Waals surface area contributed by atoms with Crippen molar-refractivity contribution in [2.45, 2.75) is 18.9 Å². The van der Waals surface area contributed by atoms with Crippen molar-refractivity contribution < 1.29 is 19.1 Å². The van der Waals surface area contributed by atoms with Crippen LogP contribution in [0.4, 0.5) is 4.79 Å². The molecule has 1 heterocycles. The SMILES string of the molecule is COc1ccc(CCNC(=O)NCCC(O)c2ccoc2)cc1. The van der Waals surface area contributed by atoms with Crippen molar-refractivity contribution in [2.75, 3.05) is 20.2 Å². The monoisotopic (exact) mass is 318 g/mol. The summed E-state index contributed by atoms with van der Waals surface area (Å²) in [6, 6.07) is 9.20. The molecule has 3 N–H and O–H groups in total. The number of amides is 2. The molecule has 2 amide bonds. The molecule has 124 valence electrons. The molecule has 0 saturated carbocycles. The Kier molecular flexibility index (Phi) is 6.50. The zero-order chi connectivity index (χ0) is 16.5. The number of urea groups is 1. The van der Waals surface area contributed by atoms with Gasteiger partial charge in [-0.05, 0) is 36.6 Å². The van der Waals surface area contributed by atoms with Gasteiger partial charge in [-0.15, -0.1) is 0 Å². The molecule has 1 aromatic heterocycles. The number of benzene rings is 1. The minimum Gasteiger partial charge on any atom is -0.497 e. The Balaban J connectivity index is 1.59. The Bertz CT molecular complexity index is 581. The van der Waals surface area contributed by atoms with E-state index >= 15 is 0 Å². The molecule has 0 aliphatic rings. The van der Waals surface area contributed by atoms with E-state index in [0.717, 1.165) is 17.7 Å². The molecule has 1 unspecified atom stereocenters. The van der Waals surface area contributed by atoms with E-state index in [0.29, 0.717) is 25.1 Å². The smallest absolute Gasteiger partial charge is 0.314 e. The largest absolute Gasteiger partial charge is 0.497 e. The molecule has 0 saturated heterocycles. The van der Waals surface area contributed by atoms with Crippen molar-refractivity contribution in [3.8, 4) is 5.75 Å². The molecule has 0 spiro atoms. The second-order valence-electron chi connectivity index (χ2n) is 5.14. The van der Waals surface area contributed by atoms with Gasteiger partial charge >= 0.3 is 6.03 Å². The molecule has 0 bridgehead atoms. The average Bonchev–Trinajstić information content (AvgIpc) is 3.10. The van der Waals surface area contributed by atoms with E-state index in [1.807, 2.05) is 24.3 Å². The number of furan rings is 1. The summed E-state index contributed by atoms with van der Waals surface area (Å²) in [5.74, 6) is 0.815. The van der Waals surface area contributed by atoms with Crippen molar-refractivity contribution in [1.29, 1.82) is 0 Å². The zero-order valence-corrected chi connectivity index (χ0v) is 13.1. The maximum Gasteiger partial charge on any atom is 0.314 e. The molecule has 6 heteroatoms. The maximum atomic E-state index is 11.7. The maximum absolute atomic E-state index is 11.7. The molecule has 2 aromatic rings. The summed E-state index contributed by atoms with van der Waals surface area (Å²) in [6.07, 6.45) is 3.56. The fraction of sp³-hybridized carbons (Fsp3) is 0.353. The van der Waals surface area contributed by atoms with E-state index in [9.17, 15) is 9.90 Å². The van der Waals surface area contributed by atoms with Crippen molar-refractivity contribution in [3.05, 3.63) is 54.0 Å². The van der Waals surface area contributed by atoms with Gasteiger partial charge in [0.25, 0.3) is 0 Å². The number of rotatable bonds is 8. The summed E-state index contributed by atoms with van der Waals surface area (Å²) in [5.41, 5.74) is 1.84. The normalized spacial score (nSPS) is 11.7. The van der Waals surface area contributed by atoms with E-state index in [2.05, 4.69) is 10.6 Å². The van der Waals surface area contributed by atoms with Gasteiger partial charge in [-0.25, -0.2) is 4.79 Å². The van der Waals surface area contributed by atoms with Gasteiger partial charge in [-0.3, -0.25) is 0 Å². The number of carbonyl (C=O) groups is 1. The first-order chi connectivity index (χ1) is 11.2. The lowest BCUT2D eigenvalue weighted by atomic mass is 10.1. The molecular weight excluding hydrogens is 296 g/mol. The second kappa shape index (κ2) is 8.85. The van der Waals surface area contributed by atoms with Crippen LogP contribution < -0.4 is 15.4 Å². The molecule has 0 aliphatic heterocycles. The Labute approximate surface area is 135 Å². The summed E-state index contributed by atoms with van der Waals surface area (Å²) in [4.78, 5) is 11.7. The van der Waals surface area contributed by atoms with Crippen molar-refractivity contribution in [3.63, 3.8) is 0 Å². The van der Waals surface area contributed by atoms with Crippen LogP contribution in [-0.4, -0.2) is 31.3 Å². The summed E-state index contributed by atoms with van der Waals surface area (Å²) < 4.78 is 10.0. The first kappa shape index (κ1) is 16.9. The van der Waals surface area contributed by atoms with Crippen LogP contribution in [0.15, 0.2) is 47.3 Å². The predicted octanol–water partition coefficient (Wildman–Crippen LogP) is 2.25. The standard InChI is InChI=1S/C17H22N2O4/c1-22-15-4-2-13(3-5-15)6-9-18-17(21)19-10-7-16(20)14-8-11-23-12-14/h2-5,8,11-12,16,20H,6-7,9-10H2,1H3,(H2,18,19,21). The van der Waals surface area contributed by atoms with Crippen molar-refractivity contribution >= 4 is 6.03 Å². The summed E-state index contributed by atoms with van der Waals surface area (Å²) >= 11 is 0. The van der Waals surface area contributed by atoms with Gasteiger partial charge in [0.15, 0.2) is 0 Å². The number of aliphatic hydroxyl groups is 1. The van der Waals surface area contributed by atoms with Crippen LogP contribution in [0, 0.1) is 0 Å². The molecule has 1 aromatic carbocycles. The topological polar surface area (TPSA) is 83.7 Å². The van der Waals surface area contributed by atoms with Crippen LogP contribution in [0.25, 0.3) is 0 Å². The van der Waals surface area contributed by atoms with Gasteiger partial charge in [0, 0.05) is 18.7 Å². The van der Waals surface area contributed by atoms with Crippen LogP contribution in [0.3, 0.4) is 0 Å². The van der Waals surface area contributed by atoms with Gasteiger partial charge in [0.1, 0.15) is 5.75 Å². The third-order valence-electron chi connectivity index (χ3n) is 3.49. The van der Waals surface area contributed by atoms with Gasteiger partial charge in [-0.1, -0.05) is 12.1 Å². The molecule has 6 nitrogen and oxygen atoms in total. The van der Waals surface area contributed by atoms with Crippen LogP contribution >= 0.6 is 0 Å². The van der Waals surface area contributed by atoms with Gasteiger partial charge in [0.2, 0.25) is 0 Å². The number of methoxy groups -OCH3 is 1. The fourth-order valence-corrected chi connectivity index (χ4v) is 2.13. The van der Waals surface area contributed by atoms with E-state index < -0.39 is 6.10 Å². The number of hydrogen-bond donors (Lipinski definition) is 3. The lowest BCUT2D eigenvalue weighted by molar-refractivity contribution is 0.166. The van der Waals surface area contributed by atoms with Crippen molar-refractivity contribution in [2.24, 2.45) is 0 Å². The highest BCUT2D eigenvalue weighted by molar-refractivity contribution is 5.73. The first-order valence-corrected chi connectivity index (χ1v) is 7.54. The number of aliphatic hydroxyl groups excluding tert-OH is 1. The van der Waals surface area contributed by atoms with Crippen LogP contribution in [0.5, 0.6) is 5.75 Å². The third kappa shape index (κ3) is 5.67. The Morgan fingerprint density at radius 2 is 1.96 bits per heavy atom. The highest BCUT2D eigenvalue weighted by atomic mass is 16.5. The first-order valence-electron chi connectivity index (χ1n) is 7.54. The number of ether oxygens (including phenoxy) is 1. The van der Waals surface area contributed by atoms with Crippen LogP contribution in [-0.2, 0) is 6.42 Å². The highest BCUT2D eigenvalue weighted by Crippen LogP contribution is 2.15. The average molecular weight is 318 g/mol. The molecular formula is C17H22N2O4. The number of hydrogen-bond acceptors (Lipinski definition) is 4. The molecule has 0 radical (unpaired) electrons. The molecule has 23 heavy (non-hydrogen) atoms. The summed E-state index contributed by atoms with van der Waals surface area (Å²) in [7, 11) is 1.63. The quantitative estimate of drug-likeness (QED) is 0.697. The number of carbonyl (C=O) groups excluding carboxylic acids is 1. The summed E-state index contributed by atoms with van der Waals surface area (Å²) in [5, 5.41) is 15.4. The fourth-order valence-electron chi connectivity index (χ4n) is 2.13. The van der Waals surface area contributed by atoms with Crippen molar-refractivity contribution in [1.82, 2.24) is 10.6 Å². The second-order valence-corrected chi connectivity index (χ2v) is 5.14.